The van der Waals surface area contributed by atoms with E-state index in [0.717, 1.165) is 20.3 Å². The molecule has 0 saturated carbocycles. The highest BCUT2D eigenvalue weighted by molar-refractivity contribution is 14.1. The Morgan fingerprint density at radius 1 is 0.805 bits per heavy atom. The summed E-state index contributed by atoms with van der Waals surface area (Å²) in [7, 11) is 0. The minimum Gasteiger partial charge on any atom is -0.481 e. The number of amides is 1. The molecule has 6 atom stereocenters. The van der Waals surface area contributed by atoms with Crippen LogP contribution in [0, 0.1) is 9.49 Å². The summed E-state index contributed by atoms with van der Waals surface area (Å²) in [6.07, 6.45) is -0.724. The molecule has 7 rings (SSSR count). The van der Waals surface area contributed by atoms with Gasteiger partial charge in [0.1, 0.15) is 23.5 Å². The number of aliphatic carboxylic acids is 1. The standard InChI is InChI=1S/C33H25IN2O5/c34-22-16-17-24-23(18-22)33(32(40)35-24)25(30(37)38)27-31(39)41-28(20-12-6-2-7-13-20)26(19-10-4-1-5-11-19)36(27)29(33)21-14-8-3-9-15-21/h1-18,25-29H,(H,35,40)(H,37,38)/t25-,26-,27-,28+,29+,33-/m0/s1. The lowest BCUT2D eigenvalue weighted by Crippen LogP contribution is -2.52. The van der Waals surface area contributed by atoms with Crippen molar-refractivity contribution >= 4 is 46.1 Å². The van der Waals surface area contributed by atoms with Crippen molar-refractivity contribution in [3.63, 3.8) is 0 Å². The summed E-state index contributed by atoms with van der Waals surface area (Å²) in [5.41, 5.74) is 1.96. The summed E-state index contributed by atoms with van der Waals surface area (Å²) in [5, 5.41) is 13.9. The average Bonchev–Trinajstić information content (AvgIpc) is 3.47. The molecule has 3 aliphatic rings. The van der Waals surface area contributed by atoms with Crippen molar-refractivity contribution in [3.8, 4) is 0 Å². The Balaban J connectivity index is 1.57. The third-order valence-electron chi connectivity index (χ3n) is 8.65. The van der Waals surface area contributed by atoms with Gasteiger partial charge in [0.25, 0.3) is 0 Å². The van der Waals surface area contributed by atoms with Gasteiger partial charge in [-0.3, -0.25) is 19.3 Å². The fourth-order valence-corrected chi connectivity index (χ4v) is 7.67. The van der Waals surface area contributed by atoms with Crippen molar-refractivity contribution in [3.05, 3.63) is 135 Å². The van der Waals surface area contributed by atoms with Crippen LogP contribution in [-0.2, 0) is 24.5 Å². The number of carbonyl (C=O) groups excluding carboxylic acids is 2. The molecule has 0 radical (unpaired) electrons. The number of carbonyl (C=O) groups is 3. The summed E-state index contributed by atoms with van der Waals surface area (Å²) in [5.74, 6) is -3.70. The lowest BCUT2D eigenvalue weighted by Gasteiger charge is -2.46. The first-order valence-electron chi connectivity index (χ1n) is 13.4. The fourth-order valence-electron chi connectivity index (χ4n) is 7.18. The van der Waals surface area contributed by atoms with E-state index in [1.165, 1.54) is 0 Å². The van der Waals surface area contributed by atoms with Crippen LogP contribution in [0.4, 0.5) is 5.69 Å². The first kappa shape index (κ1) is 25.9. The molecule has 2 saturated heterocycles. The number of ether oxygens (including phenoxy) is 1. The Labute approximate surface area is 250 Å². The van der Waals surface area contributed by atoms with Gasteiger partial charge in [0, 0.05) is 9.26 Å². The van der Waals surface area contributed by atoms with E-state index < -0.39 is 53.4 Å². The normalized spacial score (nSPS) is 28.6. The number of rotatable bonds is 4. The third-order valence-corrected chi connectivity index (χ3v) is 9.32. The maximum absolute atomic E-state index is 14.4. The summed E-state index contributed by atoms with van der Waals surface area (Å²) in [6.45, 7) is 0. The topological polar surface area (TPSA) is 95.9 Å². The van der Waals surface area contributed by atoms with Gasteiger partial charge in [-0.1, -0.05) is 91.0 Å². The predicted octanol–water partition coefficient (Wildman–Crippen LogP) is 5.65. The second-order valence-corrected chi connectivity index (χ2v) is 11.9. The zero-order chi connectivity index (χ0) is 28.3. The first-order valence-corrected chi connectivity index (χ1v) is 14.5. The third kappa shape index (κ3) is 3.77. The van der Waals surface area contributed by atoms with E-state index in [9.17, 15) is 19.5 Å². The number of hydrogen-bond donors (Lipinski definition) is 2. The summed E-state index contributed by atoms with van der Waals surface area (Å²) < 4.78 is 7.05. The quantitative estimate of drug-likeness (QED) is 0.218. The van der Waals surface area contributed by atoms with Crippen LogP contribution in [0.3, 0.4) is 0 Å². The maximum atomic E-state index is 14.4. The molecule has 0 aromatic heterocycles. The molecule has 41 heavy (non-hydrogen) atoms. The van der Waals surface area contributed by atoms with Gasteiger partial charge in [-0.05, 0) is 63.0 Å². The number of esters is 1. The lowest BCUT2D eigenvalue weighted by molar-refractivity contribution is -0.179. The van der Waals surface area contributed by atoms with E-state index in [2.05, 4.69) is 27.9 Å². The molecular weight excluding hydrogens is 631 g/mol. The molecule has 204 valence electrons. The number of morpholine rings is 1. The number of benzene rings is 4. The molecule has 0 bridgehead atoms. The smallest absolute Gasteiger partial charge is 0.325 e. The number of hydrogen-bond acceptors (Lipinski definition) is 5. The molecule has 4 aromatic carbocycles. The van der Waals surface area contributed by atoms with Crippen molar-refractivity contribution < 1.29 is 24.2 Å². The van der Waals surface area contributed by atoms with E-state index in [-0.39, 0.29) is 0 Å². The van der Waals surface area contributed by atoms with E-state index in [0.29, 0.717) is 11.3 Å². The molecule has 0 aliphatic carbocycles. The second-order valence-electron chi connectivity index (χ2n) is 10.7. The average molecular weight is 656 g/mol. The number of nitrogens with zero attached hydrogens (tertiary/aromatic N) is 1. The SMILES string of the molecule is O=C1O[C@H](c2ccccc2)[C@H](c2ccccc2)N2[C@H]1[C@@H](C(=O)O)[C@]1(C(=O)Nc3ccc(I)cc31)[C@H]2c1ccccc1. The molecule has 7 nitrogen and oxygen atoms in total. The van der Waals surface area contributed by atoms with Gasteiger partial charge in [0.15, 0.2) is 0 Å². The Bertz CT molecular complexity index is 1670. The van der Waals surface area contributed by atoms with Crippen LogP contribution in [0.25, 0.3) is 0 Å². The number of cyclic esters (lactones) is 1. The lowest BCUT2D eigenvalue weighted by atomic mass is 9.65. The largest absolute Gasteiger partial charge is 0.481 e. The summed E-state index contributed by atoms with van der Waals surface area (Å²) >= 11 is 2.17. The number of carboxylic acid groups (broad SMARTS) is 1. The van der Waals surface area contributed by atoms with E-state index in [4.69, 9.17) is 4.74 Å². The van der Waals surface area contributed by atoms with Crippen molar-refractivity contribution in [1.82, 2.24) is 4.90 Å². The summed E-state index contributed by atoms with van der Waals surface area (Å²) in [6, 6.07) is 31.6. The van der Waals surface area contributed by atoms with Crippen LogP contribution >= 0.6 is 22.6 Å². The number of carboxylic acids is 1. The highest BCUT2D eigenvalue weighted by Gasteiger charge is 2.74. The molecule has 8 heteroatoms. The van der Waals surface area contributed by atoms with Gasteiger partial charge in [-0.2, -0.15) is 0 Å². The number of anilines is 1. The monoisotopic (exact) mass is 656 g/mol. The first-order chi connectivity index (χ1) is 19.9. The van der Waals surface area contributed by atoms with Gasteiger partial charge in [-0.15, -0.1) is 0 Å². The Morgan fingerprint density at radius 3 is 2.00 bits per heavy atom. The molecule has 3 aliphatic heterocycles. The van der Waals surface area contributed by atoms with E-state index >= 15 is 0 Å². The minimum absolute atomic E-state index is 0.430. The van der Waals surface area contributed by atoms with Crippen LogP contribution in [0.1, 0.15) is 40.4 Å². The van der Waals surface area contributed by atoms with Crippen molar-refractivity contribution in [2.75, 3.05) is 5.32 Å². The zero-order valence-electron chi connectivity index (χ0n) is 21.7. The Morgan fingerprint density at radius 2 is 1.39 bits per heavy atom. The van der Waals surface area contributed by atoms with Crippen LogP contribution in [0.5, 0.6) is 0 Å². The number of fused-ring (bicyclic) bond motifs is 3. The van der Waals surface area contributed by atoms with Crippen molar-refractivity contribution in [1.29, 1.82) is 0 Å². The van der Waals surface area contributed by atoms with Gasteiger partial charge in [-0.25, -0.2) is 0 Å². The van der Waals surface area contributed by atoms with Crippen LogP contribution < -0.4 is 5.32 Å². The Kier molecular flexibility index (Phi) is 6.20. The molecular formula is C33H25IN2O5. The van der Waals surface area contributed by atoms with Gasteiger partial charge >= 0.3 is 11.9 Å². The van der Waals surface area contributed by atoms with Crippen LogP contribution in [0.15, 0.2) is 109 Å². The minimum atomic E-state index is -1.59. The van der Waals surface area contributed by atoms with Gasteiger partial charge in [0.05, 0.1) is 12.1 Å². The second kappa shape index (κ2) is 9.81. The van der Waals surface area contributed by atoms with Crippen LogP contribution in [0.2, 0.25) is 0 Å². The van der Waals surface area contributed by atoms with Crippen molar-refractivity contribution in [2.24, 2.45) is 5.92 Å². The number of halogens is 1. The van der Waals surface area contributed by atoms with E-state index in [1.807, 2.05) is 114 Å². The molecule has 1 spiro atoms. The van der Waals surface area contributed by atoms with Crippen LogP contribution in [-0.4, -0.2) is 33.9 Å². The molecule has 3 heterocycles. The Hall–Kier alpha value is -4.02. The van der Waals surface area contributed by atoms with Gasteiger partial charge < -0.3 is 15.2 Å². The molecule has 2 N–H and O–H groups in total. The van der Waals surface area contributed by atoms with Crippen molar-refractivity contribution in [2.45, 2.75) is 29.6 Å². The summed E-state index contributed by atoms with van der Waals surface area (Å²) in [4.78, 5) is 43.8. The molecule has 4 aromatic rings. The fraction of sp³-hybridized carbons (Fsp3) is 0.182. The molecule has 0 unspecified atom stereocenters. The zero-order valence-corrected chi connectivity index (χ0v) is 23.8. The molecule has 1 amide bonds. The highest BCUT2D eigenvalue weighted by atomic mass is 127. The number of nitrogens with one attached hydrogen (secondary N) is 1. The molecule has 2 fully saturated rings. The van der Waals surface area contributed by atoms with Gasteiger partial charge in [0.2, 0.25) is 5.91 Å². The maximum Gasteiger partial charge on any atom is 0.325 e. The van der Waals surface area contributed by atoms with E-state index in [1.54, 1.807) is 0 Å². The predicted molar refractivity (Wildman–Crippen MR) is 160 cm³/mol. The highest BCUT2D eigenvalue weighted by Crippen LogP contribution is 2.64.